The van der Waals surface area contributed by atoms with Crippen LogP contribution in [0.15, 0.2) is 18.2 Å². The second-order valence-corrected chi connectivity index (χ2v) is 4.57. The normalized spacial score (nSPS) is 10.5. The molecule has 0 spiro atoms. The van der Waals surface area contributed by atoms with Gasteiger partial charge in [0.25, 0.3) is 0 Å². The first kappa shape index (κ1) is 14.8. The van der Waals surface area contributed by atoms with E-state index in [1.165, 1.54) is 12.1 Å². The van der Waals surface area contributed by atoms with Gasteiger partial charge in [-0.3, -0.25) is 0 Å². The van der Waals surface area contributed by atoms with Crippen LogP contribution in [0.5, 0.6) is 0 Å². The quantitative estimate of drug-likeness (QED) is 0.635. The summed E-state index contributed by atoms with van der Waals surface area (Å²) < 4.78 is 26.0. The topological polar surface area (TPSA) is 27.3 Å². The van der Waals surface area contributed by atoms with Crippen LogP contribution in [0, 0.1) is 11.6 Å². The predicted molar refractivity (Wildman–Crippen MR) is 73.8 cm³/mol. The lowest BCUT2D eigenvalue weighted by atomic mass is 10.3. The summed E-state index contributed by atoms with van der Waals surface area (Å²) in [6, 6.07) is 3.32. The van der Waals surface area contributed by atoms with Crippen LogP contribution in [-0.2, 0) is 0 Å². The zero-order valence-corrected chi connectivity index (χ0v) is 11.3. The molecule has 0 fully saturated rings. The summed E-state index contributed by atoms with van der Waals surface area (Å²) in [6.45, 7) is 1.65. The van der Waals surface area contributed by atoms with Crippen LogP contribution in [0.4, 0.5) is 14.5 Å². The largest absolute Gasteiger partial charge is 0.362 e. The Morgan fingerprint density at radius 2 is 2.06 bits per heavy atom. The number of anilines is 1. The van der Waals surface area contributed by atoms with Gasteiger partial charge in [-0.15, -0.1) is 0 Å². The fraction of sp³-hybridized carbons (Fsp3) is 0.417. The molecular formula is C12H17F2N3S. The molecule has 1 aromatic rings. The molecule has 0 aliphatic heterocycles. The van der Waals surface area contributed by atoms with Gasteiger partial charge in [0.1, 0.15) is 11.6 Å². The summed E-state index contributed by atoms with van der Waals surface area (Å²) in [4.78, 5) is 2.07. The van der Waals surface area contributed by atoms with Crippen LogP contribution in [0.3, 0.4) is 0 Å². The van der Waals surface area contributed by atoms with E-state index in [1.807, 2.05) is 14.1 Å². The number of nitrogens with zero attached hydrogens (tertiary/aromatic N) is 1. The van der Waals surface area contributed by atoms with Crippen LogP contribution in [0.2, 0.25) is 0 Å². The van der Waals surface area contributed by atoms with Gasteiger partial charge in [-0.2, -0.15) is 0 Å². The van der Waals surface area contributed by atoms with Gasteiger partial charge >= 0.3 is 0 Å². The van der Waals surface area contributed by atoms with Gasteiger partial charge < -0.3 is 15.5 Å². The Labute approximate surface area is 111 Å². The molecule has 2 N–H and O–H groups in total. The highest BCUT2D eigenvalue weighted by molar-refractivity contribution is 7.80. The first-order valence-corrected chi connectivity index (χ1v) is 6.04. The summed E-state index contributed by atoms with van der Waals surface area (Å²) in [5, 5.41) is 5.98. The standard InChI is InChI=1S/C12H17F2N3S/c1-17(2)7-3-6-15-12(18)16-11-5-4-9(13)8-10(11)14/h4-5,8H,3,6-7H2,1-2H3,(H2,15,16,18). The summed E-state index contributed by atoms with van der Waals surface area (Å²) in [7, 11) is 3.98. The van der Waals surface area contributed by atoms with Crippen LogP contribution >= 0.6 is 12.2 Å². The molecule has 1 aromatic carbocycles. The molecule has 0 unspecified atom stereocenters. The van der Waals surface area contributed by atoms with Crippen molar-refractivity contribution in [2.24, 2.45) is 0 Å². The highest BCUT2D eigenvalue weighted by Gasteiger charge is 2.04. The molecule has 0 amide bonds. The predicted octanol–water partition coefficient (Wildman–Crippen LogP) is 2.20. The highest BCUT2D eigenvalue weighted by atomic mass is 32.1. The minimum absolute atomic E-state index is 0.168. The molecule has 18 heavy (non-hydrogen) atoms. The molecule has 0 aliphatic carbocycles. The van der Waals surface area contributed by atoms with Crippen molar-refractivity contribution in [1.29, 1.82) is 0 Å². The molecule has 1 rings (SSSR count). The van der Waals surface area contributed by atoms with Crippen LogP contribution in [0.1, 0.15) is 6.42 Å². The molecule has 0 radical (unpaired) electrons. The summed E-state index contributed by atoms with van der Waals surface area (Å²) >= 11 is 5.01. The van der Waals surface area contributed by atoms with Crippen molar-refractivity contribution in [2.45, 2.75) is 6.42 Å². The number of nitrogens with one attached hydrogen (secondary N) is 2. The lowest BCUT2D eigenvalue weighted by molar-refractivity contribution is 0.400. The van der Waals surface area contributed by atoms with Crippen LogP contribution in [-0.4, -0.2) is 37.2 Å². The summed E-state index contributed by atoms with van der Waals surface area (Å²) in [5.41, 5.74) is 0.168. The van der Waals surface area contributed by atoms with Crippen molar-refractivity contribution in [3.05, 3.63) is 29.8 Å². The molecule has 0 heterocycles. The second kappa shape index (κ2) is 7.23. The zero-order chi connectivity index (χ0) is 13.5. The smallest absolute Gasteiger partial charge is 0.170 e. The van der Waals surface area contributed by atoms with Crippen molar-refractivity contribution < 1.29 is 8.78 Å². The SMILES string of the molecule is CN(C)CCCNC(=S)Nc1ccc(F)cc1F. The van der Waals surface area contributed by atoms with Crippen molar-refractivity contribution in [3.63, 3.8) is 0 Å². The number of hydrogen-bond acceptors (Lipinski definition) is 2. The highest BCUT2D eigenvalue weighted by Crippen LogP contribution is 2.14. The van der Waals surface area contributed by atoms with E-state index in [4.69, 9.17) is 12.2 Å². The van der Waals surface area contributed by atoms with Crippen LogP contribution < -0.4 is 10.6 Å². The van der Waals surface area contributed by atoms with Crippen molar-refractivity contribution >= 4 is 23.0 Å². The Bertz CT molecular complexity index is 410. The summed E-state index contributed by atoms with van der Waals surface area (Å²) in [6.07, 6.45) is 0.931. The number of rotatable bonds is 5. The molecular weight excluding hydrogens is 256 g/mol. The maximum atomic E-state index is 13.3. The maximum absolute atomic E-state index is 13.3. The fourth-order valence-electron chi connectivity index (χ4n) is 1.35. The molecule has 0 aromatic heterocycles. The Hall–Kier alpha value is -1.27. The number of hydrogen-bond donors (Lipinski definition) is 2. The lowest BCUT2D eigenvalue weighted by Crippen LogP contribution is -2.31. The average molecular weight is 273 g/mol. The summed E-state index contributed by atoms with van der Waals surface area (Å²) in [5.74, 6) is -1.27. The first-order valence-electron chi connectivity index (χ1n) is 5.63. The minimum Gasteiger partial charge on any atom is -0.362 e. The van der Waals surface area contributed by atoms with Gasteiger partial charge in [0.15, 0.2) is 5.11 Å². The average Bonchev–Trinajstić information content (AvgIpc) is 2.28. The molecule has 6 heteroatoms. The third kappa shape index (κ3) is 5.37. The van der Waals surface area contributed by atoms with E-state index in [-0.39, 0.29) is 5.69 Å². The Morgan fingerprint density at radius 1 is 1.33 bits per heavy atom. The van der Waals surface area contributed by atoms with E-state index < -0.39 is 11.6 Å². The molecule has 0 bridgehead atoms. The van der Waals surface area contributed by atoms with Gasteiger partial charge in [0.05, 0.1) is 5.69 Å². The Kier molecular flexibility index (Phi) is 5.94. The van der Waals surface area contributed by atoms with Crippen molar-refractivity contribution in [1.82, 2.24) is 10.2 Å². The van der Waals surface area contributed by atoms with Crippen molar-refractivity contribution in [2.75, 3.05) is 32.5 Å². The third-order valence-electron chi connectivity index (χ3n) is 2.25. The van der Waals surface area contributed by atoms with Crippen LogP contribution in [0.25, 0.3) is 0 Å². The van der Waals surface area contributed by atoms with Gasteiger partial charge in [-0.1, -0.05) is 0 Å². The Balaban J connectivity index is 2.35. The van der Waals surface area contributed by atoms with Gasteiger partial charge in [0, 0.05) is 12.6 Å². The van der Waals surface area contributed by atoms with E-state index in [0.29, 0.717) is 11.7 Å². The van der Waals surface area contributed by atoms with E-state index in [9.17, 15) is 8.78 Å². The Morgan fingerprint density at radius 3 is 2.67 bits per heavy atom. The molecule has 100 valence electrons. The van der Waals surface area contributed by atoms with Gasteiger partial charge in [-0.05, 0) is 51.4 Å². The number of benzene rings is 1. The van der Waals surface area contributed by atoms with E-state index in [2.05, 4.69) is 15.5 Å². The number of halogens is 2. The molecule has 3 nitrogen and oxygen atoms in total. The minimum atomic E-state index is -0.660. The molecule has 0 atom stereocenters. The second-order valence-electron chi connectivity index (χ2n) is 4.16. The third-order valence-corrected chi connectivity index (χ3v) is 2.49. The van der Waals surface area contributed by atoms with E-state index in [0.717, 1.165) is 19.0 Å². The van der Waals surface area contributed by atoms with E-state index >= 15 is 0 Å². The molecule has 0 saturated carbocycles. The van der Waals surface area contributed by atoms with Gasteiger partial charge in [-0.25, -0.2) is 8.78 Å². The zero-order valence-electron chi connectivity index (χ0n) is 10.5. The molecule has 0 saturated heterocycles. The molecule has 0 aliphatic rings. The van der Waals surface area contributed by atoms with E-state index in [1.54, 1.807) is 0 Å². The lowest BCUT2D eigenvalue weighted by Gasteiger charge is -2.13. The maximum Gasteiger partial charge on any atom is 0.170 e. The van der Waals surface area contributed by atoms with Crippen molar-refractivity contribution in [3.8, 4) is 0 Å². The fourth-order valence-corrected chi connectivity index (χ4v) is 1.57. The first-order chi connectivity index (χ1) is 8.49. The monoisotopic (exact) mass is 273 g/mol. The van der Waals surface area contributed by atoms with Gasteiger partial charge in [0.2, 0.25) is 0 Å². The number of thiocarbonyl (C=S) groups is 1.